The number of rotatable bonds is 5. The van der Waals surface area contributed by atoms with Gasteiger partial charge in [-0.1, -0.05) is 23.2 Å². The Morgan fingerprint density at radius 1 is 1.44 bits per heavy atom. The molecule has 1 heterocycles. The smallest absolute Gasteiger partial charge is 0.253 e. The average Bonchev–Trinajstić information content (AvgIpc) is 2.52. The van der Waals surface area contributed by atoms with Gasteiger partial charge in [0.15, 0.2) is 0 Å². The maximum Gasteiger partial charge on any atom is 0.253 e. The van der Waals surface area contributed by atoms with Crippen molar-refractivity contribution in [1.82, 2.24) is 10.6 Å². The van der Waals surface area contributed by atoms with E-state index in [4.69, 9.17) is 23.2 Å². The van der Waals surface area contributed by atoms with E-state index in [1.807, 2.05) is 7.05 Å². The normalized spacial score (nSPS) is 9.69. The summed E-state index contributed by atoms with van der Waals surface area (Å²) in [5.74, 6) is -0.167. The molecule has 2 N–H and O–H groups in total. The number of nitrogens with one attached hydrogen (secondary N) is 2. The number of amides is 1. The molecule has 1 rings (SSSR count). The first-order chi connectivity index (χ1) is 7.15. The third-order valence-electron chi connectivity index (χ3n) is 1.79. The summed E-state index contributed by atoms with van der Waals surface area (Å²) in [4.78, 5) is 11.6. The Bertz CT molecular complexity index is 343. The topological polar surface area (TPSA) is 41.1 Å². The lowest BCUT2D eigenvalue weighted by Gasteiger charge is -2.03. The summed E-state index contributed by atoms with van der Waals surface area (Å²) in [6, 6.07) is 1.59. The van der Waals surface area contributed by atoms with E-state index >= 15 is 0 Å². The van der Waals surface area contributed by atoms with Gasteiger partial charge in [0.05, 0.1) is 9.90 Å². The summed E-state index contributed by atoms with van der Waals surface area (Å²) in [6.45, 7) is 1.50. The molecule has 0 unspecified atom stereocenters. The third-order valence-corrected chi connectivity index (χ3v) is 3.28. The van der Waals surface area contributed by atoms with Crippen LogP contribution in [0.25, 0.3) is 0 Å². The standard InChI is InChI=1S/C9H12Cl2N2OS.ClH/c1-12-3-2-4-13-9(14)6-5-7(10)15-8(6)11;/h5,12H,2-4H2,1H3,(H,13,14);1H. The van der Waals surface area contributed by atoms with Gasteiger partial charge in [-0.05, 0) is 26.1 Å². The van der Waals surface area contributed by atoms with Crippen molar-refractivity contribution in [2.75, 3.05) is 20.1 Å². The lowest BCUT2D eigenvalue weighted by atomic mass is 10.3. The predicted molar refractivity (Wildman–Crippen MR) is 72.5 cm³/mol. The second-order valence-electron chi connectivity index (χ2n) is 2.95. The van der Waals surface area contributed by atoms with E-state index in [0.717, 1.165) is 13.0 Å². The molecular formula is C9H13Cl3N2OS. The van der Waals surface area contributed by atoms with Crippen molar-refractivity contribution in [2.45, 2.75) is 6.42 Å². The summed E-state index contributed by atoms with van der Waals surface area (Å²) in [5, 5.41) is 5.77. The highest BCUT2D eigenvalue weighted by Crippen LogP contribution is 2.30. The molecule has 16 heavy (non-hydrogen) atoms. The fourth-order valence-corrected chi connectivity index (χ4v) is 2.52. The van der Waals surface area contributed by atoms with Crippen LogP contribution in [0.4, 0.5) is 0 Å². The van der Waals surface area contributed by atoms with Crippen LogP contribution in [0, 0.1) is 0 Å². The number of carbonyl (C=O) groups is 1. The van der Waals surface area contributed by atoms with Gasteiger partial charge in [0, 0.05) is 6.54 Å². The van der Waals surface area contributed by atoms with Crippen LogP contribution < -0.4 is 10.6 Å². The first-order valence-electron chi connectivity index (χ1n) is 4.52. The van der Waals surface area contributed by atoms with Crippen LogP contribution in [0.2, 0.25) is 8.67 Å². The van der Waals surface area contributed by atoms with E-state index in [1.165, 1.54) is 11.3 Å². The summed E-state index contributed by atoms with van der Waals surface area (Å²) in [5.41, 5.74) is 0.455. The SMILES string of the molecule is CNCCCNC(=O)c1cc(Cl)sc1Cl.Cl. The molecule has 92 valence electrons. The number of hydrogen-bond acceptors (Lipinski definition) is 3. The Hall–Kier alpha value is -0.000000000000000222. The lowest BCUT2D eigenvalue weighted by molar-refractivity contribution is 0.0954. The van der Waals surface area contributed by atoms with Gasteiger partial charge in [0.1, 0.15) is 4.34 Å². The zero-order chi connectivity index (χ0) is 11.3. The molecule has 0 aromatic carbocycles. The number of halogens is 3. The van der Waals surface area contributed by atoms with Crippen molar-refractivity contribution in [3.8, 4) is 0 Å². The monoisotopic (exact) mass is 302 g/mol. The molecule has 7 heteroatoms. The molecule has 0 radical (unpaired) electrons. The van der Waals surface area contributed by atoms with E-state index in [-0.39, 0.29) is 18.3 Å². The Kier molecular flexibility index (Phi) is 8.14. The maximum atomic E-state index is 11.6. The Morgan fingerprint density at radius 3 is 2.62 bits per heavy atom. The quantitative estimate of drug-likeness (QED) is 0.821. The zero-order valence-corrected chi connectivity index (χ0v) is 11.8. The van der Waals surface area contributed by atoms with Crippen molar-refractivity contribution in [3.63, 3.8) is 0 Å². The van der Waals surface area contributed by atoms with Gasteiger partial charge in [-0.25, -0.2) is 0 Å². The minimum atomic E-state index is -0.167. The fraction of sp³-hybridized carbons (Fsp3) is 0.444. The van der Waals surface area contributed by atoms with Crippen LogP contribution in [0.15, 0.2) is 6.07 Å². The third kappa shape index (κ3) is 4.89. The molecule has 0 bridgehead atoms. The van der Waals surface area contributed by atoms with E-state index in [9.17, 15) is 4.79 Å². The van der Waals surface area contributed by atoms with Crippen molar-refractivity contribution in [1.29, 1.82) is 0 Å². The number of hydrogen-bond donors (Lipinski definition) is 2. The number of thiophene rings is 1. The van der Waals surface area contributed by atoms with Crippen LogP contribution in [0.5, 0.6) is 0 Å². The summed E-state index contributed by atoms with van der Waals surface area (Å²) in [6.07, 6.45) is 0.887. The molecule has 0 atom stereocenters. The van der Waals surface area contributed by atoms with Gasteiger partial charge in [0.25, 0.3) is 5.91 Å². The zero-order valence-electron chi connectivity index (χ0n) is 8.68. The Morgan fingerprint density at radius 2 is 2.12 bits per heavy atom. The fourth-order valence-electron chi connectivity index (χ4n) is 1.06. The average molecular weight is 304 g/mol. The maximum absolute atomic E-state index is 11.6. The van der Waals surface area contributed by atoms with Gasteiger partial charge in [-0.15, -0.1) is 23.7 Å². The molecule has 0 aliphatic heterocycles. The second kappa shape index (κ2) is 8.14. The Balaban J connectivity index is 0.00000225. The lowest BCUT2D eigenvalue weighted by Crippen LogP contribution is -2.26. The summed E-state index contributed by atoms with van der Waals surface area (Å²) < 4.78 is 0.964. The number of carbonyl (C=O) groups excluding carboxylic acids is 1. The molecule has 0 aliphatic carbocycles. The van der Waals surface area contributed by atoms with Crippen LogP contribution in [-0.4, -0.2) is 26.0 Å². The first kappa shape index (κ1) is 16.0. The molecule has 0 spiro atoms. The van der Waals surface area contributed by atoms with E-state index < -0.39 is 0 Å². The molecule has 1 aromatic heterocycles. The Labute approximate surface area is 115 Å². The van der Waals surface area contributed by atoms with Crippen molar-refractivity contribution >= 4 is 52.9 Å². The van der Waals surface area contributed by atoms with E-state index in [0.29, 0.717) is 20.8 Å². The molecule has 0 aliphatic rings. The van der Waals surface area contributed by atoms with Crippen molar-refractivity contribution in [2.24, 2.45) is 0 Å². The van der Waals surface area contributed by atoms with Crippen molar-refractivity contribution in [3.05, 3.63) is 20.3 Å². The van der Waals surface area contributed by atoms with Gasteiger partial charge in [0.2, 0.25) is 0 Å². The molecule has 3 nitrogen and oxygen atoms in total. The van der Waals surface area contributed by atoms with Gasteiger partial charge < -0.3 is 10.6 Å². The molecule has 0 saturated carbocycles. The van der Waals surface area contributed by atoms with Gasteiger partial charge in [-0.3, -0.25) is 4.79 Å². The summed E-state index contributed by atoms with van der Waals surface area (Å²) >= 11 is 12.8. The molecule has 0 fully saturated rings. The van der Waals surface area contributed by atoms with Crippen LogP contribution in [0.3, 0.4) is 0 Å². The van der Waals surface area contributed by atoms with E-state index in [1.54, 1.807) is 6.07 Å². The molecular weight excluding hydrogens is 291 g/mol. The van der Waals surface area contributed by atoms with Crippen molar-refractivity contribution < 1.29 is 4.79 Å². The van der Waals surface area contributed by atoms with Gasteiger partial charge >= 0.3 is 0 Å². The molecule has 0 saturated heterocycles. The minimum Gasteiger partial charge on any atom is -0.352 e. The molecule has 1 aromatic rings. The molecule has 1 amide bonds. The predicted octanol–water partition coefficient (Wildman–Crippen LogP) is 2.82. The van der Waals surface area contributed by atoms with E-state index in [2.05, 4.69) is 10.6 Å². The van der Waals surface area contributed by atoms with Gasteiger partial charge in [-0.2, -0.15) is 0 Å². The first-order valence-corrected chi connectivity index (χ1v) is 6.10. The minimum absolute atomic E-state index is 0. The summed E-state index contributed by atoms with van der Waals surface area (Å²) in [7, 11) is 1.87. The van der Waals surface area contributed by atoms with Crippen LogP contribution >= 0.6 is 46.9 Å². The highest BCUT2D eigenvalue weighted by atomic mass is 35.5. The van der Waals surface area contributed by atoms with Crippen LogP contribution in [-0.2, 0) is 0 Å². The van der Waals surface area contributed by atoms with Crippen LogP contribution in [0.1, 0.15) is 16.8 Å². The highest BCUT2D eigenvalue weighted by Gasteiger charge is 2.13. The highest BCUT2D eigenvalue weighted by molar-refractivity contribution is 7.20. The second-order valence-corrected chi connectivity index (χ2v) is 5.24. The largest absolute Gasteiger partial charge is 0.352 e.